The van der Waals surface area contributed by atoms with E-state index in [0.717, 1.165) is 4.90 Å². The molecule has 1 aliphatic heterocycles. The number of benzene rings is 1. The van der Waals surface area contributed by atoms with Gasteiger partial charge < -0.3 is 14.7 Å². The maximum Gasteiger partial charge on any atom is 0.267 e. The van der Waals surface area contributed by atoms with E-state index in [0.29, 0.717) is 11.4 Å². The topological polar surface area (TPSA) is 93.4 Å². The van der Waals surface area contributed by atoms with Crippen LogP contribution >= 0.6 is 0 Å². The van der Waals surface area contributed by atoms with Crippen molar-refractivity contribution in [1.82, 2.24) is 25.1 Å². The van der Waals surface area contributed by atoms with Gasteiger partial charge in [0, 0.05) is 12.0 Å². The Hall–Kier alpha value is -2.62. The second-order valence-corrected chi connectivity index (χ2v) is 5.47. The number of carbonyl (C=O) groups excluding carboxylic acids is 1. The first-order valence-corrected chi connectivity index (χ1v) is 7.16. The van der Waals surface area contributed by atoms with Gasteiger partial charge in [0.05, 0.1) is 26.3 Å². The third-order valence-electron chi connectivity index (χ3n) is 3.87. The van der Waals surface area contributed by atoms with E-state index in [9.17, 15) is 18.7 Å². The average Bonchev–Trinajstić information content (AvgIpc) is 3.20. The van der Waals surface area contributed by atoms with Crippen molar-refractivity contribution >= 4 is 5.91 Å². The van der Waals surface area contributed by atoms with Crippen molar-refractivity contribution in [2.75, 3.05) is 20.3 Å². The molecular weight excluding hydrogens is 324 g/mol. The van der Waals surface area contributed by atoms with Crippen molar-refractivity contribution < 1.29 is 23.4 Å². The molecule has 1 aromatic heterocycles. The predicted molar refractivity (Wildman–Crippen MR) is 77.2 cm³/mol. The first-order chi connectivity index (χ1) is 11.4. The van der Waals surface area contributed by atoms with Gasteiger partial charge in [0.2, 0.25) is 0 Å². The van der Waals surface area contributed by atoms with Crippen molar-refractivity contribution in [1.29, 1.82) is 0 Å². The molecule has 1 N–H and O–H groups in total. The lowest BCUT2D eigenvalue weighted by atomic mass is 10.1. The summed E-state index contributed by atoms with van der Waals surface area (Å²) < 4.78 is 33.7. The number of hydrogen-bond donors (Lipinski definition) is 1. The van der Waals surface area contributed by atoms with Gasteiger partial charge in [-0.15, -0.1) is 5.10 Å². The summed E-state index contributed by atoms with van der Waals surface area (Å²) in [5.74, 6) is -3.18. The van der Waals surface area contributed by atoms with E-state index in [-0.39, 0.29) is 5.56 Å². The molecule has 24 heavy (non-hydrogen) atoms. The Morgan fingerprint density at radius 2 is 2.29 bits per heavy atom. The van der Waals surface area contributed by atoms with Crippen LogP contribution in [0.2, 0.25) is 0 Å². The van der Waals surface area contributed by atoms with E-state index in [1.807, 2.05) is 0 Å². The molecular formula is C14H15F2N5O3. The normalized spacial score (nSPS) is 19.5. The summed E-state index contributed by atoms with van der Waals surface area (Å²) in [4.78, 5) is 13.6. The number of methoxy groups -OCH3 is 1. The summed E-state index contributed by atoms with van der Waals surface area (Å²) >= 11 is 0. The molecule has 1 unspecified atom stereocenters. The smallest absolute Gasteiger partial charge is 0.267 e. The van der Waals surface area contributed by atoms with Gasteiger partial charge in [0.1, 0.15) is 17.8 Å². The SMILES string of the molecule is COc1ccc(C(=O)N2CC(F)(F)CC2CO)cc1-n1cnnn1. The number of aromatic nitrogens is 4. The number of aliphatic hydroxyl groups is 1. The second-order valence-electron chi connectivity index (χ2n) is 5.47. The molecule has 0 bridgehead atoms. The van der Waals surface area contributed by atoms with Crippen LogP contribution < -0.4 is 4.74 Å². The number of aliphatic hydroxyl groups excluding tert-OH is 1. The largest absolute Gasteiger partial charge is 0.494 e. The zero-order chi connectivity index (χ0) is 17.3. The van der Waals surface area contributed by atoms with Crippen LogP contribution in [0.5, 0.6) is 5.75 Å². The molecule has 0 saturated carbocycles. The Bertz CT molecular complexity index is 738. The Morgan fingerprint density at radius 1 is 1.50 bits per heavy atom. The van der Waals surface area contributed by atoms with Crippen LogP contribution in [0.25, 0.3) is 5.69 Å². The highest BCUT2D eigenvalue weighted by Crippen LogP contribution is 2.33. The number of tetrazole rings is 1. The monoisotopic (exact) mass is 339 g/mol. The number of amides is 1. The molecule has 1 fully saturated rings. The lowest BCUT2D eigenvalue weighted by molar-refractivity contribution is 0.0116. The van der Waals surface area contributed by atoms with Gasteiger partial charge in [-0.05, 0) is 28.6 Å². The zero-order valence-electron chi connectivity index (χ0n) is 12.8. The predicted octanol–water partition coefficient (Wildman–Crippen LogP) is 0.513. The molecule has 128 valence electrons. The minimum absolute atomic E-state index is 0.178. The van der Waals surface area contributed by atoms with Crippen molar-refractivity contribution in [3.05, 3.63) is 30.1 Å². The molecule has 1 aliphatic rings. The summed E-state index contributed by atoms with van der Waals surface area (Å²) in [5, 5.41) is 20.1. The van der Waals surface area contributed by atoms with Crippen LogP contribution in [0.15, 0.2) is 24.5 Å². The highest BCUT2D eigenvalue weighted by molar-refractivity contribution is 5.95. The molecule has 1 aromatic carbocycles. The van der Waals surface area contributed by atoms with Crippen molar-refractivity contribution in [3.8, 4) is 11.4 Å². The first-order valence-electron chi connectivity index (χ1n) is 7.16. The molecule has 2 aromatic rings. The number of carbonyl (C=O) groups is 1. The maximum atomic E-state index is 13.6. The average molecular weight is 339 g/mol. The van der Waals surface area contributed by atoms with Crippen LogP contribution in [0.4, 0.5) is 8.78 Å². The Labute approximate surface area is 135 Å². The van der Waals surface area contributed by atoms with Gasteiger partial charge in [0.15, 0.2) is 0 Å². The van der Waals surface area contributed by atoms with Gasteiger partial charge in [-0.2, -0.15) is 4.68 Å². The fraction of sp³-hybridized carbons (Fsp3) is 0.429. The van der Waals surface area contributed by atoms with E-state index in [2.05, 4.69) is 15.5 Å². The Morgan fingerprint density at radius 3 is 2.92 bits per heavy atom. The second kappa shape index (κ2) is 6.11. The van der Waals surface area contributed by atoms with Gasteiger partial charge in [-0.3, -0.25) is 4.79 Å². The van der Waals surface area contributed by atoms with E-state index in [4.69, 9.17) is 4.74 Å². The molecule has 2 heterocycles. The minimum atomic E-state index is -3.01. The third kappa shape index (κ3) is 2.92. The lowest BCUT2D eigenvalue weighted by Gasteiger charge is -2.22. The minimum Gasteiger partial charge on any atom is -0.494 e. The lowest BCUT2D eigenvalue weighted by Crippen LogP contribution is -2.38. The molecule has 3 rings (SSSR count). The first kappa shape index (κ1) is 16.2. The van der Waals surface area contributed by atoms with Crippen LogP contribution in [-0.2, 0) is 0 Å². The summed E-state index contributed by atoms with van der Waals surface area (Å²) in [6, 6.07) is 3.56. The molecule has 1 atom stereocenters. The van der Waals surface area contributed by atoms with Gasteiger partial charge in [-0.1, -0.05) is 0 Å². The van der Waals surface area contributed by atoms with Crippen LogP contribution in [-0.4, -0.2) is 68.3 Å². The number of nitrogens with zero attached hydrogens (tertiary/aromatic N) is 5. The number of hydrogen-bond acceptors (Lipinski definition) is 6. The summed E-state index contributed by atoms with van der Waals surface area (Å²) in [5.41, 5.74) is 0.581. The molecule has 0 aliphatic carbocycles. The quantitative estimate of drug-likeness (QED) is 0.873. The molecule has 10 heteroatoms. The number of halogens is 2. The maximum absolute atomic E-state index is 13.6. The van der Waals surface area contributed by atoms with Gasteiger partial charge in [-0.25, -0.2) is 8.78 Å². The number of rotatable bonds is 4. The third-order valence-corrected chi connectivity index (χ3v) is 3.87. The van der Waals surface area contributed by atoms with Crippen LogP contribution in [0.1, 0.15) is 16.8 Å². The molecule has 0 radical (unpaired) electrons. The summed E-state index contributed by atoms with van der Waals surface area (Å²) in [6.07, 6.45) is 0.776. The Balaban J connectivity index is 1.95. The standard InChI is InChI=1S/C14H15F2N5O3/c1-24-12-3-2-9(4-11(12)21-8-17-18-19-21)13(23)20-7-14(15,16)5-10(20)6-22/h2-4,8,10,22H,5-7H2,1H3. The summed E-state index contributed by atoms with van der Waals surface area (Å²) in [7, 11) is 1.45. The Kier molecular flexibility index (Phi) is 4.14. The fourth-order valence-corrected chi connectivity index (χ4v) is 2.74. The molecule has 8 nitrogen and oxygen atoms in total. The number of alkyl halides is 2. The number of likely N-dealkylation sites (tertiary alicyclic amines) is 1. The van der Waals surface area contributed by atoms with Crippen molar-refractivity contribution in [2.45, 2.75) is 18.4 Å². The highest BCUT2D eigenvalue weighted by atomic mass is 19.3. The fourth-order valence-electron chi connectivity index (χ4n) is 2.74. The van der Waals surface area contributed by atoms with Crippen molar-refractivity contribution in [2.24, 2.45) is 0 Å². The van der Waals surface area contributed by atoms with E-state index in [1.165, 1.54) is 36.3 Å². The molecule has 0 spiro atoms. The van der Waals surface area contributed by atoms with E-state index < -0.39 is 37.4 Å². The van der Waals surface area contributed by atoms with Gasteiger partial charge in [0.25, 0.3) is 11.8 Å². The number of ether oxygens (including phenoxy) is 1. The summed E-state index contributed by atoms with van der Waals surface area (Å²) in [6.45, 7) is -1.24. The van der Waals surface area contributed by atoms with Crippen molar-refractivity contribution in [3.63, 3.8) is 0 Å². The molecule has 1 saturated heterocycles. The van der Waals surface area contributed by atoms with E-state index in [1.54, 1.807) is 0 Å². The van der Waals surface area contributed by atoms with E-state index >= 15 is 0 Å². The van der Waals surface area contributed by atoms with Crippen LogP contribution in [0.3, 0.4) is 0 Å². The van der Waals surface area contributed by atoms with Crippen LogP contribution in [0, 0.1) is 0 Å². The molecule has 1 amide bonds. The highest BCUT2D eigenvalue weighted by Gasteiger charge is 2.46. The van der Waals surface area contributed by atoms with Gasteiger partial charge >= 0.3 is 0 Å². The zero-order valence-corrected chi connectivity index (χ0v) is 12.8.